The van der Waals surface area contributed by atoms with Crippen LogP contribution in [0.15, 0.2) is 42.6 Å². The summed E-state index contributed by atoms with van der Waals surface area (Å²) in [5, 5.41) is 12.8. The first-order chi connectivity index (χ1) is 14.8. The third kappa shape index (κ3) is 5.49. The first-order valence-electron chi connectivity index (χ1n) is 11.4. The molecule has 0 radical (unpaired) electrons. The van der Waals surface area contributed by atoms with Crippen LogP contribution in [0.1, 0.15) is 49.1 Å². The van der Waals surface area contributed by atoms with E-state index >= 15 is 0 Å². The van der Waals surface area contributed by atoms with Gasteiger partial charge in [-0.1, -0.05) is 6.07 Å². The zero-order valence-electron chi connectivity index (χ0n) is 18.3. The Balaban J connectivity index is 0.00000144. The van der Waals surface area contributed by atoms with Gasteiger partial charge in [0.05, 0.1) is 18.2 Å². The molecule has 5 rings (SSSR count). The predicted molar refractivity (Wildman–Crippen MR) is 132 cm³/mol. The van der Waals surface area contributed by atoms with E-state index in [1.165, 1.54) is 44.2 Å². The van der Waals surface area contributed by atoms with E-state index in [9.17, 15) is 5.26 Å². The quantitative estimate of drug-likeness (QED) is 0.639. The summed E-state index contributed by atoms with van der Waals surface area (Å²) in [5.41, 5.74) is 1.99. The smallest absolute Gasteiger partial charge is 0.126 e. The van der Waals surface area contributed by atoms with E-state index in [1.807, 2.05) is 36.5 Å². The van der Waals surface area contributed by atoms with Crippen molar-refractivity contribution in [3.8, 4) is 11.8 Å². The van der Waals surface area contributed by atoms with Crippen molar-refractivity contribution in [3.63, 3.8) is 0 Å². The number of rotatable bonds is 5. The minimum atomic E-state index is 0. The molecule has 0 unspecified atom stereocenters. The van der Waals surface area contributed by atoms with Crippen molar-refractivity contribution >= 4 is 30.6 Å². The number of hydrogen-bond acceptors (Lipinski definition) is 5. The van der Waals surface area contributed by atoms with Crippen LogP contribution >= 0.6 is 24.8 Å². The van der Waals surface area contributed by atoms with Gasteiger partial charge in [-0.15, -0.1) is 24.8 Å². The maximum absolute atomic E-state index is 9.25. The molecular weight excluding hydrogens is 443 g/mol. The second-order valence-corrected chi connectivity index (χ2v) is 9.17. The van der Waals surface area contributed by atoms with Crippen molar-refractivity contribution in [1.82, 2.24) is 9.88 Å². The molecule has 0 amide bonds. The fourth-order valence-electron chi connectivity index (χ4n) is 5.52. The summed E-state index contributed by atoms with van der Waals surface area (Å²) in [6.45, 7) is 4.22. The number of aromatic nitrogens is 1. The summed E-state index contributed by atoms with van der Waals surface area (Å²) in [5.74, 6) is 3.90. The third-order valence-corrected chi connectivity index (χ3v) is 7.23. The molecule has 2 fully saturated rings. The van der Waals surface area contributed by atoms with Crippen LogP contribution in [0, 0.1) is 23.2 Å². The Hall–Kier alpha value is -2.00. The van der Waals surface area contributed by atoms with Gasteiger partial charge in [-0.3, -0.25) is 0 Å². The third-order valence-electron chi connectivity index (χ3n) is 7.23. The van der Waals surface area contributed by atoms with E-state index in [-0.39, 0.29) is 24.8 Å². The van der Waals surface area contributed by atoms with Crippen LogP contribution in [0.5, 0.6) is 5.75 Å². The number of hydrogen-bond donors (Lipinski definition) is 1. The highest BCUT2D eigenvalue weighted by Crippen LogP contribution is 2.42. The lowest BCUT2D eigenvalue weighted by atomic mass is 9.84. The van der Waals surface area contributed by atoms with Gasteiger partial charge in [0.1, 0.15) is 11.6 Å². The van der Waals surface area contributed by atoms with Gasteiger partial charge in [-0.25, -0.2) is 4.98 Å². The van der Waals surface area contributed by atoms with Gasteiger partial charge in [0.2, 0.25) is 0 Å². The average molecular weight is 475 g/mol. The number of nitriles is 1. The summed E-state index contributed by atoms with van der Waals surface area (Å²) in [6, 6.07) is 14.8. The lowest BCUT2D eigenvalue weighted by Crippen LogP contribution is -2.29. The topological polar surface area (TPSA) is 61.2 Å². The monoisotopic (exact) mass is 474 g/mol. The van der Waals surface area contributed by atoms with Crippen LogP contribution in [0.25, 0.3) is 0 Å². The molecule has 5 nitrogen and oxygen atoms in total. The fraction of sp³-hybridized carbons (Fsp3) is 0.520. The number of anilines is 1. The van der Waals surface area contributed by atoms with Gasteiger partial charge >= 0.3 is 0 Å². The highest BCUT2D eigenvalue weighted by molar-refractivity contribution is 5.85. The molecule has 0 spiro atoms. The van der Waals surface area contributed by atoms with Crippen molar-refractivity contribution < 1.29 is 4.74 Å². The minimum absolute atomic E-state index is 0. The van der Waals surface area contributed by atoms with E-state index < -0.39 is 0 Å². The van der Waals surface area contributed by atoms with Crippen LogP contribution in [-0.4, -0.2) is 42.2 Å². The number of ether oxygens (including phenoxy) is 1. The van der Waals surface area contributed by atoms with E-state index in [1.54, 1.807) is 0 Å². The molecule has 1 N–H and O–H groups in total. The lowest BCUT2D eigenvalue weighted by Gasteiger charge is -2.30. The second-order valence-electron chi connectivity index (χ2n) is 9.17. The molecule has 1 saturated carbocycles. The van der Waals surface area contributed by atoms with Gasteiger partial charge in [-0.05, 0) is 74.9 Å². The van der Waals surface area contributed by atoms with E-state index in [2.05, 4.69) is 27.3 Å². The Morgan fingerprint density at radius 1 is 1.09 bits per heavy atom. The summed E-state index contributed by atoms with van der Waals surface area (Å²) in [4.78, 5) is 7.03. The second kappa shape index (κ2) is 11.2. The van der Waals surface area contributed by atoms with E-state index in [0.29, 0.717) is 17.9 Å². The Labute approximate surface area is 203 Å². The minimum Gasteiger partial charge on any atom is -0.493 e. The number of fused-ring (bicyclic) bond motifs is 3. The van der Waals surface area contributed by atoms with Gasteiger partial charge in [0.15, 0.2) is 0 Å². The van der Waals surface area contributed by atoms with Crippen molar-refractivity contribution in [2.45, 2.75) is 44.1 Å². The standard InChI is InChI=1S/C25H30N4O.2ClH/c26-14-19-6-9-24-22(13-19)23-16-29(15-20(23)17-30-24)12-10-18-4-7-21(8-5-18)28-25-3-1-2-11-27-25;;/h1-3,6,9,11,13,18,20-21,23H,4-5,7-8,10,12,15-17H2,(H,27,28);2*1H/t18?,20-,21?,23+;;/m0../s1. The van der Waals surface area contributed by atoms with Crippen LogP contribution in [-0.2, 0) is 0 Å². The Bertz CT molecular complexity index is 912. The van der Waals surface area contributed by atoms with E-state index in [0.717, 1.165) is 42.7 Å². The molecule has 1 aromatic heterocycles. The molecule has 3 heterocycles. The highest BCUT2D eigenvalue weighted by atomic mass is 35.5. The Morgan fingerprint density at radius 2 is 1.94 bits per heavy atom. The normalized spacial score (nSPS) is 26.3. The van der Waals surface area contributed by atoms with Crippen LogP contribution in [0.4, 0.5) is 5.82 Å². The molecular formula is C25H32Cl2N4O. The van der Waals surface area contributed by atoms with Crippen molar-refractivity contribution in [1.29, 1.82) is 5.26 Å². The highest BCUT2D eigenvalue weighted by Gasteiger charge is 2.38. The lowest BCUT2D eigenvalue weighted by molar-refractivity contribution is 0.209. The molecule has 0 bridgehead atoms. The molecule has 2 atom stereocenters. The summed E-state index contributed by atoms with van der Waals surface area (Å²) >= 11 is 0. The summed E-state index contributed by atoms with van der Waals surface area (Å²) in [6.07, 6.45) is 8.24. The van der Waals surface area contributed by atoms with Crippen LogP contribution < -0.4 is 10.1 Å². The number of likely N-dealkylation sites (tertiary alicyclic amines) is 1. The van der Waals surface area contributed by atoms with Gasteiger partial charge < -0.3 is 15.0 Å². The first kappa shape index (κ1) is 24.6. The maximum Gasteiger partial charge on any atom is 0.126 e. The zero-order chi connectivity index (χ0) is 20.3. The molecule has 2 aromatic rings. The van der Waals surface area contributed by atoms with Crippen LogP contribution in [0.2, 0.25) is 0 Å². The predicted octanol–water partition coefficient (Wildman–Crippen LogP) is 5.27. The number of halogens is 2. The molecule has 2 aliphatic heterocycles. The SMILES string of the molecule is Cl.Cl.N#Cc1ccc2c(c1)[C@@H]1CN(CCC3CCC(Nc4ccccn4)CC3)C[C@H]1CO2. The number of nitrogens with one attached hydrogen (secondary N) is 1. The number of nitrogens with zero attached hydrogens (tertiary/aromatic N) is 3. The van der Waals surface area contributed by atoms with Crippen LogP contribution in [0.3, 0.4) is 0 Å². The molecule has 1 aliphatic carbocycles. The molecule has 32 heavy (non-hydrogen) atoms. The molecule has 7 heteroatoms. The number of benzene rings is 1. The molecule has 3 aliphatic rings. The van der Waals surface area contributed by atoms with Crippen molar-refractivity contribution in [2.24, 2.45) is 11.8 Å². The largest absolute Gasteiger partial charge is 0.493 e. The van der Waals surface area contributed by atoms with Gasteiger partial charge in [0, 0.05) is 42.7 Å². The van der Waals surface area contributed by atoms with Gasteiger partial charge in [-0.2, -0.15) is 5.26 Å². The first-order valence-corrected chi connectivity index (χ1v) is 11.4. The number of pyridine rings is 1. The van der Waals surface area contributed by atoms with Crippen molar-refractivity contribution in [3.05, 3.63) is 53.7 Å². The summed E-state index contributed by atoms with van der Waals surface area (Å²) < 4.78 is 5.99. The van der Waals surface area contributed by atoms with Crippen molar-refractivity contribution in [2.75, 3.05) is 31.6 Å². The molecule has 1 saturated heterocycles. The summed E-state index contributed by atoms with van der Waals surface area (Å²) in [7, 11) is 0. The average Bonchev–Trinajstić information content (AvgIpc) is 3.23. The fourth-order valence-corrected chi connectivity index (χ4v) is 5.52. The Morgan fingerprint density at radius 3 is 2.69 bits per heavy atom. The Kier molecular flexibility index (Phi) is 8.64. The van der Waals surface area contributed by atoms with E-state index in [4.69, 9.17) is 4.74 Å². The molecule has 1 aromatic carbocycles. The maximum atomic E-state index is 9.25. The molecule has 172 valence electrons. The zero-order valence-corrected chi connectivity index (χ0v) is 19.9. The van der Waals surface area contributed by atoms with Gasteiger partial charge in [0.25, 0.3) is 0 Å².